The van der Waals surface area contributed by atoms with E-state index in [0.29, 0.717) is 6.04 Å². The molecule has 0 bridgehead atoms. The van der Waals surface area contributed by atoms with Crippen LogP contribution in [0, 0.1) is 6.92 Å². The first-order chi connectivity index (χ1) is 10.7. The summed E-state index contributed by atoms with van der Waals surface area (Å²) in [4.78, 5) is 12.6. The Hall–Kier alpha value is -1.14. The number of rotatable bonds is 6. The average molecular weight is 324 g/mol. The maximum atomic E-state index is 4.39. The first kappa shape index (κ1) is 17.2. The van der Waals surface area contributed by atoms with Crippen molar-refractivity contribution in [2.24, 2.45) is 4.99 Å². The molecule has 0 amide bonds. The van der Waals surface area contributed by atoms with Crippen molar-refractivity contribution in [3.8, 4) is 0 Å². The maximum Gasteiger partial charge on any atom is 0.191 e. The van der Waals surface area contributed by atoms with Crippen LogP contribution in [0.5, 0.6) is 0 Å². The summed E-state index contributed by atoms with van der Waals surface area (Å²) in [6.07, 6.45) is 6.54. The molecule has 1 aromatic heterocycles. The molecule has 5 nitrogen and oxygen atoms in total. The fourth-order valence-electron chi connectivity index (χ4n) is 2.81. The summed E-state index contributed by atoms with van der Waals surface area (Å²) in [5, 5.41) is 8.15. The van der Waals surface area contributed by atoms with Crippen LogP contribution in [-0.2, 0) is 6.42 Å². The predicted molar refractivity (Wildman–Crippen MR) is 94.8 cm³/mol. The van der Waals surface area contributed by atoms with Crippen molar-refractivity contribution in [1.29, 1.82) is 0 Å². The van der Waals surface area contributed by atoms with E-state index in [0.717, 1.165) is 18.9 Å². The maximum absolute atomic E-state index is 4.39. The molecule has 1 saturated heterocycles. The highest BCUT2D eigenvalue weighted by Gasteiger charge is 2.19. The topological polar surface area (TPSA) is 52.5 Å². The number of aromatic nitrogens is 1. The number of guanidine groups is 1. The van der Waals surface area contributed by atoms with Crippen LogP contribution < -0.4 is 10.6 Å². The highest BCUT2D eigenvalue weighted by molar-refractivity contribution is 7.11. The number of aryl methyl sites for hydroxylation is 1. The normalized spacial score (nSPS) is 17.7. The highest BCUT2D eigenvalue weighted by Crippen LogP contribution is 2.11. The lowest BCUT2D eigenvalue weighted by Crippen LogP contribution is -2.49. The van der Waals surface area contributed by atoms with Gasteiger partial charge in [0.15, 0.2) is 5.96 Å². The van der Waals surface area contributed by atoms with Crippen LogP contribution in [0.2, 0.25) is 0 Å². The van der Waals surface area contributed by atoms with E-state index in [2.05, 4.69) is 39.4 Å². The number of hydrogen-bond acceptors (Lipinski definition) is 4. The lowest BCUT2D eigenvalue weighted by Gasteiger charge is -2.32. The first-order valence-corrected chi connectivity index (χ1v) is 9.13. The van der Waals surface area contributed by atoms with E-state index in [1.54, 1.807) is 11.3 Å². The second-order valence-corrected chi connectivity index (χ2v) is 7.19. The van der Waals surface area contributed by atoms with Gasteiger partial charge in [0.1, 0.15) is 0 Å². The van der Waals surface area contributed by atoms with Crippen LogP contribution >= 0.6 is 11.3 Å². The molecule has 2 rings (SSSR count). The Labute approximate surface area is 138 Å². The molecule has 0 atom stereocenters. The van der Waals surface area contributed by atoms with Gasteiger partial charge in [-0.3, -0.25) is 4.99 Å². The third-order valence-corrected chi connectivity index (χ3v) is 4.96. The van der Waals surface area contributed by atoms with E-state index in [4.69, 9.17) is 0 Å². The van der Waals surface area contributed by atoms with E-state index in [1.807, 2.05) is 13.2 Å². The fourth-order valence-corrected chi connectivity index (χ4v) is 3.60. The van der Waals surface area contributed by atoms with Crippen LogP contribution in [0.15, 0.2) is 11.2 Å². The van der Waals surface area contributed by atoms with Crippen molar-refractivity contribution < 1.29 is 0 Å². The average Bonchev–Trinajstić information content (AvgIpc) is 2.94. The Balaban J connectivity index is 1.67. The van der Waals surface area contributed by atoms with Gasteiger partial charge in [-0.05, 0) is 32.7 Å². The van der Waals surface area contributed by atoms with Gasteiger partial charge in [-0.1, -0.05) is 6.92 Å². The number of nitrogens with zero attached hydrogens (tertiary/aromatic N) is 3. The van der Waals surface area contributed by atoms with Crippen LogP contribution in [0.4, 0.5) is 0 Å². The van der Waals surface area contributed by atoms with Crippen molar-refractivity contribution in [3.63, 3.8) is 0 Å². The zero-order valence-corrected chi connectivity index (χ0v) is 14.9. The molecule has 0 unspecified atom stereocenters. The van der Waals surface area contributed by atoms with Gasteiger partial charge in [0.25, 0.3) is 0 Å². The molecule has 1 fully saturated rings. The molecule has 1 aromatic rings. The van der Waals surface area contributed by atoms with Gasteiger partial charge in [0.2, 0.25) is 0 Å². The molecule has 0 spiro atoms. The molecule has 2 N–H and O–H groups in total. The summed E-state index contributed by atoms with van der Waals surface area (Å²) in [5.74, 6) is 0.919. The molecule has 0 saturated carbocycles. The summed E-state index contributed by atoms with van der Waals surface area (Å²) >= 11 is 1.77. The van der Waals surface area contributed by atoms with Crippen molar-refractivity contribution >= 4 is 17.3 Å². The van der Waals surface area contributed by atoms with Gasteiger partial charge >= 0.3 is 0 Å². The van der Waals surface area contributed by atoms with Gasteiger partial charge in [-0.25, -0.2) is 4.98 Å². The Morgan fingerprint density at radius 2 is 2.23 bits per heavy atom. The van der Waals surface area contributed by atoms with Crippen LogP contribution in [0.3, 0.4) is 0 Å². The van der Waals surface area contributed by atoms with E-state index < -0.39 is 0 Å². The summed E-state index contributed by atoms with van der Waals surface area (Å²) < 4.78 is 0. The number of piperidine rings is 1. The molecule has 6 heteroatoms. The minimum atomic E-state index is 0.543. The van der Waals surface area contributed by atoms with Crippen LogP contribution in [-0.4, -0.2) is 55.1 Å². The Morgan fingerprint density at radius 1 is 1.45 bits per heavy atom. The summed E-state index contributed by atoms with van der Waals surface area (Å²) in [7, 11) is 1.84. The van der Waals surface area contributed by atoms with Crippen molar-refractivity contribution in [1.82, 2.24) is 20.5 Å². The largest absolute Gasteiger partial charge is 0.356 e. The molecule has 22 heavy (non-hydrogen) atoms. The Bertz CT molecular complexity index is 463. The lowest BCUT2D eigenvalue weighted by atomic mass is 10.1. The van der Waals surface area contributed by atoms with Crippen molar-refractivity contribution in [2.45, 2.75) is 45.6 Å². The molecule has 0 radical (unpaired) electrons. The minimum Gasteiger partial charge on any atom is -0.356 e. The summed E-state index contributed by atoms with van der Waals surface area (Å²) in [6, 6.07) is 0.543. The van der Waals surface area contributed by atoms with Crippen molar-refractivity contribution in [2.75, 3.05) is 33.2 Å². The zero-order chi connectivity index (χ0) is 15.8. The number of nitrogens with one attached hydrogen (secondary N) is 2. The van der Waals surface area contributed by atoms with Gasteiger partial charge in [0, 0.05) is 50.2 Å². The molecule has 0 aromatic carbocycles. The van der Waals surface area contributed by atoms with E-state index in [1.165, 1.54) is 48.8 Å². The molecule has 0 aliphatic carbocycles. The molecule has 2 heterocycles. The zero-order valence-electron chi connectivity index (χ0n) is 14.1. The number of thiazole rings is 1. The van der Waals surface area contributed by atoms with Gasteiger partial charge in [-0.2, -0.15) is 0 Å². The number of aliphatic imine (C=N–C) groups is 1. The standard InChI is InChI=1S/C16H29N5S/c1-4-9-21-10-6-14(7-11-21)20-16(17-3)18-8-5-15-19-12-13(2)22-15/h12,14H,4-11H2,1-3H3,(H2,17,18,20). The molecule has 124 valence electrons. The van der Waals surface area contributed by atoms with Gasteiger partial charge < -0.3 is 15.5 Å². The smallest absolute Gasteiger partial charge is 0.191 e. The number of likely N-dealkylation sites (tertiary alicyclic amines) is 1. The van der Waals surface area contributed by atoms with E-state index >= 15 is 0 Å². The predicted octanol–water partition coefficient (Wildman–Crippen LogP) is 2.03. The third-order valence-electron chi connectivity index (χ3n) is 3.99. The van der Waals surface area contributed by atoms with Gasteiger partial charge in [-0.15, -0.1) is 11.3 Å². The fraction of sp³-hybridized carbons (Fsp3) is 0.750. The SMILES string of the molecule is CCCN1CCC(NC(=NC)NCCc2ncc(C)s2)CC1. The quantitative estimate of drug-likeness (QED) is 0.621. The van der Waals surface area contributed by atoms with Crippen LogP contribution in [0.1, 0.15) is 36.1 Å². The van der Waals surface area contributed by atoms with E-state index in [9.17, 15) is 0 Å². The third kappa shape index (κ3) is 5.57. The molecule has 1 aliphatic rings. The minimum absolute atomic E-state index is 0.543. The summed E-state index contributed by atoms with van der Waals surface area (Å²) in [6.45, 7) is 8.84. The molecular formula is C16H29N5S. The lowest BCUT2D eigenvalue weighted by molar-refractivity contribution is 0.206. The second-order valence-electron chi connectivity index (χ2n) is 5.87. The highest BCUT2D eigenvalue weighted by atomic mass is 32.1. The first-order valence-electron chi connectivity index (χ1n) is 8.32. The van der Waals surface area contributed by atoms with E-state index in [-0.39, 0.29) is 0 Å². The molecular weight excluding hydrogens is 294 g/mol. The van der Waals surface area contributed by atoms with Gasteiger partial charge in [0.05, 0.1) is 5.01 Å². The summed E-state index contributed by atoms with van der Waals surface area (Å²) in [5.41, 5.74) is 0. The second kappa shape index (κ2) is 9.10. The molecule has 1 aliphatic heterocycles. The van der Waals surface area contributed by atoms with Crippen molar-refractivity contribution in [3.05, 3.63) is 16.1 Å². The number of hydrogen-bond donors (Lipinski definition) is 2. The Morgan fingerprint density at radius 3 is 2.82 bits per heavy atom. The monoisotopic (exact) mass is 323 g/mol. The van der Waals surface area contributed by atoms with Crippen LogP contribution in [0.25, 0.3) is 0 Å². The Kier molecular flexibility index (Phi) is 7.12.